The van der Waals surface area contributed by atoms with Crippen LogP contribution in [0.4, 0.5) is 0 Å². The minimum Gasteiger partial charge on any atom is -0.454 e. The highest BCUT2D eigenvalue weighted by atomic mass is 16.7. The van der Waals surface area contributed by atoms with Crippen molar-refractivity contribution in [3.8, 4) is 5.69 Å². The molecule has 8 atom stereocenters. The van der Waals surface area contributed by atoms with Gasteiger partial charge in [-0.25, -0.2) is 9.78 Å². The number of ketones is 2. The summed E-state index contributed by atoms with van der Waals surface area (Å²) in [6.45, 7) is 4.02. The van der Waals surface area contributed by atoms with Gasteiger partial charge in [-0.3, -0.25) is 9.59 Å². The molecule has 9 nitrogen and oxygen atoms in total. The number of rotatable bonds is 6. The average Bonchev–Trinajstić information content (AvgIpc) is 3.84. The van der Waals surface area contributed by atoms with Crippen LogP contribution in [0.25, 0.3) is 5.69 Å². The van der Waals surface area contributed by atoms with E-state index in [1.807, 2.05) is 22.9 Å². The van der Waals surface area contributed by atoms with Crippen molar-refractivity contribution in [2.45, 2.75) is 90.4 Å². The van der Waals surface area contributed by atoms with E-state index >= 15 is 0 Å². The maximum atomic E-state index is 13.7. The Morgan fingerprint density at radius 2 is 1.83 bits per heavy atom. The molecule has 0 radical (unpaired) electrons. The second-order valence-corrected chi connectivity index (χ2v) is 15.2. The van der Waals surface area contributed by atoms with Gasteiger partial charge in [0, 0.05) is 35.8 Å². The number of nitrogens with zero attached hydrogens (tertiary/aromatic N) is 2. The van der Waals surface area contributed by atoms with E-state index in [2.05, 4.69) is 18.8 Å². The lowest BCUT2D eigenvalue weighted by Gasteiger charge is -2.59. The van der Waals surface area contributed by atoms with Gasteiger partial charge in [0.2, 0.25) is 17.8 Å². The number of carbonyl (C=O) groups excluding carboxylic acids is 3. The second-order valence-electron chi connectivity index (χ2n) is 15.2. The van der Waals surface area contributed by atoms with Crippen molar-refractivity contribution in [1.82, 2.24) is 9.55 Å². The molecule has 4 saturated carbocycles. The van der Waals surface area contributed by atoms with Crippen LogP contribution in [0.2, 0.25) is 0 Å². The van der Waals surface area contributed by atoms with Gasteiger partial charge in [0.1, 0.15) is 0 Å². The van der Waals surface area contributed by atoms with Crippen LogP contribution < -0.4 is 0 Å². The molecule has 1 N–H and O–H groups in total. The first-order valence-electron chi connectivity index (χ1n) is 17.5. The topological polar surface area (TPSA) is 117 Å². The Hall–Kier alpha value is -3.72. The first kappa shape index (κ1) is 30.6. The predicted molar refractivity (Wildman–Crippen MR) is 171 cm³/mol. The van der Waals surface area contributed by atoms with Crippen LogP contribution in [0.3, 0.4) is 0 Å². The SMILES string of the molecule is C[C@@]12C(=CC(=O)C3=C1O[C@@H](C1CCCCC1)O3)CCC1C2[C@@H](O)C[C@@]2(C)C1CC[C@@H]2C(=O)COC(=O)c1ccc(-n2ccnc2)cc1. The smallest absolute Gasteiger partial charge is 0.338 e. The predicted octanol–water partition coefficient (Wildman–Crippen LogP) is 6.10. The third-order valence-electron chi connectivity index (χ3n) is 12.9. The number of carbonyl (C=O) groups is 3. The Bertz CT molecular complexity index is 1640. The molecule has 2 heterocycles. The van der Waals surface area contributed by atoms with Crippen molar-refractivity contribution in [3.05, 3.63) is 71.7 Å². The number of imidazole rings is 1. The molecular weight excluding hydrogens is 596 g/mol. The van der Waals surface area contributed by atoms with Gasteiger partial charge in [0.25, 0.3) is 0 Å². The lowest BCUT2D eigenvalue weighted by atomic mass is 9.46. The number of benzene rings is 1. The highest BCUT2D eigenvalue weighted by molar-refractivity contribution is 6.05. The Morgan fingerprint density at radius 1 is 1.04 bits per heavy atom. The zero-order valence-corrected chi connectivity index (χ0v) is 27.2. The summed E-state index contributed by atoms with van der Waals surface area (Å²) in [5, 5.41) is 12.0. The van der Waals surface area contributed by atoms with Crippen molar-refractivity contribution in [1.29, 1.82) is 0 Å². The van der Waals surface area contributed by atoms with Gasteiger partial charge in [0.15, 0.2) is 18.1 Å². The Kier molecular flexibility index (Phi) is 7.46. The number of aliphatic hydroxyl groups is 1. The number of hydrogen-bond acceptors (Lipinski definition) is 8. The van der Waals surface area contributed by atoms with E-state index in [0.29, 0.717) is 29.9 Å². The van der Waals surface area contributed by atoms with Gasteiger partial charge in [0.05, 0.1) is 23.4 Å². The van der Waals surface area contributed by atoms with Crippen LogP contribution in [0, 0.1) is 40.4 Å². The lowest BCUT2D eigenvalue weighted by molar-refractivity contribution is -0.149. The summed E-state index contributed by atoms with van der Waals surface area (Å²) in [7, 11) is 0. The van der Waals surface area contributed by atoms with Gasteiger partial charge >= 0.3 is 5.97 Å². The fourth-order valence-corrected chi connectivity index (χ4v) is 10.6. The fourth-order valence-electron chi connectivity index (χ4n) is 10.6. The third-order valence-corrected chi connectivity index (χ3v) is 12.9. The van der Waals surface area contributed by atoms with E-state index < -0.39 is 29.2 Å². The zero-order valence-electron chi connectivity index (χ0n) is 27.2. The van der Waals surface area contributed by atoms with Crippen molar-refractivity contribution >= 4 is 17.5 Å². The van der Waals surface area contributed by atoms with Gasteiger partial charge < -0.3 is 23.9 Å². The molecule has 4 fully saturated rings. The molecule has 0 amide bonds. The van der Waals surface area contributed by atoms with Crippen molar-refractivity contribution in [2.24, 2.45) is 40.4 Å². The Balaban J connectivity index is 0.977. The van der Waals surface area contributed by atoms with Crippen LogP contribution in [-0.2, 0) is 23.8 Å². The average molecular weight is 641 g/mol. The molecule has 1 aliphatic heterocycles. The van der Waals surface area contributed by atoms with E-state index in [9.17, 15) is 19.5 Å². The third kappa shape index (κ3) is 4.82. The molecule has 1 aromatic carbocycles. The van der Waals surface area contributed by atoms with Crippen molar-refractivity contribution in [2.75, 3.05) is 6.61 Å². The van der Waals surface area contributed by atoms with E-state index in [1.165, 1.54) is 6.42 Å². The van der Waals surface area contributed by atoms with Crippen LogP contribution in [0.1, 0.15) is 88.4 Å². The van der Waals surface area contributed by atoms with Crippen LogP contribution in [0.5, 0.6) is 0 Å². The van der Waals surface area contributed by atoms with E-state index in [-0.39, 0.29) is 47.8 Å². The standard InChI is InChI=1S/C38H44N2O7/c1-37-19-30(42)32-26(13-10-24-18-29(41)33-34(38(24,32)2)47-36(46-33)23-6-4-3-5-7-23)27(37)14-15-28(37)31(43)20-45-35(44)22-8-11-25(12-9-22)40-17-16-39-21-40/h8-9,11-12,16-18,21,23,26-28,30,32,36,42H,3-7,10,13-15,19-20H2,1-2H3/t26?,27?,28-,30+,32?,36+,37+,38+/m1/s1. The summed E-state index contributed by atoms with van der Waals surface area (Å²) >= 11 is 0. The highest BCUT2D eigenvalue weighted by Gasteiger charge is 2.66. The first-order chi connectivity index (χ1) is 22.7. The van der Waals surface area contributed by atoms with E-state index in [4.69, 9.17) is 14.2 Å². The van der Waals surface area contributed by atoms with Gasteiger partial charge in [-0.2, -0.15) is 0 Å². The number of Topliss-reactive ketones (excluding diaryl/α,β-unsaturated/α-hetero) is 1. The van der Waals surface area contributed by atoms with E-state index in [0.717, 1.165) is 56.2 Å². The molecule has 0 bridgehead atoms. The second kappa shape index (κ2) is 11.5. The summed E-state index contributed by atoms with van der Waals surface area (Å²) in [6, 6.07) is 7.01. The quantitative estimate of drug-likeness (QED) is 0.377. The fraction of sp³-hybridized carbons (Fsp3) is 0.579. The molecular formula is C38H44N2O7. The number of esters is 1. The molecule has 9 heteroatoms. The minimum absolute atomic E-state index is 0.0808. The maximum Gasteiger partial charge on any atom is 0.338 e. The summed E-state index contributed by atoms with van der Waals surface area (Å²) in [5.74, 6) is 0.474. The molecule has 2 aromatic rings. The van der Waals surface area contributed by atoms with Crippen molar-refractivity contribution in [3.63, 3.8) is 0 Å². The zero-order chi connectivity index (χ0) is 32.5. The number of aromatic nitrogens is 2. The molecule has 248 valence electrons. The number of allylic oxidation sites excluding steroid dienone is 2. The lowest BCUT2D eigenvalue weighted by Crippen LogP contribution is -2.57. The molecule has 1 aromatic heterocycles. The van der Waals surface area contributed by atoms with Gasteiger partial charge in [-0.15, -0.1) is 0 Å². The summed E-state index contributed by atoms with van der Waals surface area (Å²) in [5.41, 5.74) is 1.26. The number of hydrogen-bond donors (Lipinski definition) is 1. The number of ether oxygens (including phenoxy) is 3. The van der Waals surface area contributed by atoms with Gasteiger partial charge in [-0.05, 0) is 99.5 Å². The number of fused-ring (bicyclic) bond motifs is 6. The molecule has 3 unspecified atom stereocenters. The molecule has 47 heavy (non-hydrogen) atoms. The largest absolute Gasteiger partial charge is 0.454 e. The highest BCUT2D eigenvalue weighted by Crippen LogP contribution is 2.68. The van der Waals surface area contributed by atoms with Gasteiger partial charge in [-0.1, -0.05) is 31.8 Å². The Morgan fingerprint density at radius 3 is 2.57 bits per heavy atom. The normalized spacial score (nSPS) is 36.3. The van der Waals surface area contributed by atoms with Crippen LogP contribution >= 0.6 is 0 Å². The number of aliphatic hydroxyl groups excluding tert-OH is 1. The Labute approximate surface area is 275 Å². The molecule has 6 aliphatic rings. The van der Waals surface area contributed by atoms with Crippen LogP contribution in [0.15, 0.2) is 66.2 Å². The molecule has 5 aliphatic carbocycles. The van der Waals surface area contributed by atoms with Crippen molar-refractivity contribution < 1.29 is 33.7 Å². The van der Waals surface area contributed by atoms with Crippen LogP contribution in [-0.4, -0.2) is 51.2 Å². The summed E-state index contributed by atoms with van der Waals surface area (Å²) < 4.78 is 20.3. The maximum absolute atomic E-state index is 13.7. The molecule has 8 rings (SSSR count). The minimum atomic E-state index is -0.681. The first-order valence-corrected chi connectivity index (χ1v) is 17.5. The van der Waals surface area contributed by atoms with E-state index in [1.54, 1.807) is 30.7 Å². The molecule has 0 saturated heterocycles. The monoisotopic (exact) mass is 640 g/mol. The summed E-state index contributed by atoms with van der Waals surface area (Å²) in [6.07, 6.45) is 15.1. The molecule has 0 spiro atoms. The summed E-state index contributed by atoms with van der Waals surface area (Å²) in [4.78, 5) is 43.9.